The standard InChI is InChI=1S/C29H24BrN7O4S/c1-20-8-10-22(11-9-20)24-25(37-42(38,39)17-12-21-6-3-2-4-7-21)35-27(26-31-13-5-14-32-26)36-28(24)40-15-16-41-29-33-18-23(30)19-34-29/h2-14,17-19H,15-16H2,1H3,(H,35,36,37). The highest BCUT2D eigenvalue weighted by molar-refractivity contribution is 9.10. The molecule has 0 aliphatic rings. The van der Waals surface area contributed by atoms with Crippen LogP contribution in [0.4, 0.5) is 5.82 Å². The Labute approximate surface area is 251 Å². The van der Waals surface area contributed by atoms with Gasteiger partial charge in [0.2, 0.25) is 11.7 Å². The molecule has 42 heavy (non-hydrogen) atoms. The van der Waals surface area contributed by atoms with Crippen LogP contribution in [-0.4, -0.2) is 51.5 Å². The van der Waals surface area contributed by atoms with E-state index in [1.165, 1.54) is 6.08 Å². The molecule has 3 heterocycles. The molecule has 0 atom stereocenters. The summed E-state index contributed by atoms with van der Waals surface area (Å²) in [6.07, 6.45) is 7.71. The van der Waals surface area contributed by atoms with Crippen LogP contribution < -0.4 is 14.2 Å². The summed E-state index contributed by atoms with van der Waals surface area (Å²) in [5, 5.41) is 1.08. The predicted octanol–water partition coefficient (Wildman–Crippen LogP) is 5.33. The van der Waals surface area contributed by atoms with E-state index >= 15 is 0 Å². The van der Waals surface area contributed by atoms with Crippen molar-refractivity contribution in [1.29, 1.82) is 0 Å². The van der Waals surface area contributed by atoms with Gasteiger partial charge in [-0.3, -0.25) is 4.72 Å². The van der Waals surface area contributed by atoms with Gasteiger partial charge in [0.05, 0.1) is 15.4 Å². The first-order chi connectivity index (χ1) is 20.4. The Kier molecular flexibility index (Phi) is 9.09. The van der Waals surface area contributed by atoms with E-state index in [0.717, 1.165) is 21.0 Å². The smallest absolute Gasteiger partial charge is 0.316 e. The van der Waals surface area contributed by atoms with Crippen LogP contribution in [0.25, 0.3) is 28.9 Å². The average Bonchev–Trinajstić information content (AvgIpc) is 3.00. The van der Waals surface area contributed by atoms with E-state index < -0.39 is 10.0 Å². The Bertz CT molecular complexity index is 1770. The topological polar surface area (TPSA) is 142 Å². The first kappa shape index (κ1) is 28.8. The Morgan fingerprint density at radius 3 is 2.24 bits per heavy atom. The van der Waals surface area contributed by atoms with Gasteiger partial charge in [-0.2, -0.15) is 4.98 Å². The van der Waals surface area contributed by atoms with Gasteiger partial charge in [0.15, 0.2) is 11.6 Å². The van der Waals surface area contributed by atoms with Gasteiger partial charge in [-0.15, -0.1) is 0 Å². The maximum atomic E-state index is 13.2. The van der Waals surface area contributed by atoms with Crippen LogP contribution in [0.1, 0.15) is 11.1 Å². The zero-order valence-electron chi connectivity index (χ0n) is 22.3. The molecule has 5 rings (SSSR count). The Hall–Kier alpha value is -4.75. The molecule has 3 aromatic heterocycles. The van der Waals surface area contributed by atoms with Crippen molar-refractivity contribution in [2.45, 2.75) is 6.92 Å². The molecule has 212 valence electrons. The molecule has 0 aliphatic heterocycles. The molecular formula is C29H24BrN7O4S. The number of ether oxygens (including phenoxy) is 2. The van der Waals surface area contributed by atoms with Gasteiger partial charge < -0.3 is 9.47 Å². The summed E-state index contributed by atoms with van der Waals surface area (Å²) in [4.78, 5) is 25.7. The minimum absolute atomic E-state index is 0.00109. The SMILES string of the molecule is Cc1ccc(-c2c(NS(=O)(=O)C=Cc3ccccc3)nc(-c3ncccn3)nc2OCCOc2ncc(Br)cn2)cc1. The van der Waals surface area contributed by atoms with Crippen LogP contribution >= 0.6 is 15.9 Å². The number of aromatic nitrogens is 6. The first-order valence-electron chi connectivity index (χ1n) is 12.6. The zero-order chi connectivity index (χ0) is 29.4. The van der Waals surface area contributed by atoms with Crippen LogP contribution in [0.5, 0.6) is 11.9 Å². The molecule has 0 aliphatic carbocycles. The second-order valence-electron chi connectivity index (χ2n) is 8.76. The van der Waals surface area contributed by atoms with E-state index in [9.17, 15) is 8.42 Å². The summed E-state index contributed by atoms with van der Waals surface area (Å²) in [6, 6.07) is 18.4. The fourth-order valence-corrected chi connectivity index (χ4v) is 4.69. The Morgan fingerprint density at radius 1 is 0.833 bits per heavy atom. The lowest BCUT2D eigenvalue weighted by Gasteiger charge is -2.16. The quantitative estimate of drug-likeness (QED) is 0.187. The number of nitrogens with zero attached hydrogens (tertiary/aromatic N) is 6. The summed E-state index contributed by atoms with van der Waals surface area (Å²) in [6.45, 7) is 2.09. The molecule has 0 spiro atoms. The monoisotopic (exact) mass is 645 g/mol. The lowest BCUT2D eigenvalue weighted by atomic mass is 10.1. The molecule has 0 fully saturated rings. The van der Waals surface area contributed by atoms with Gasteiger partial charge >= 0.3 is 6.01 Å². The Morgan fingerprint density at radius 2 is 1.52 bits per heavy atom. The average molecular weight is 647 g/mol. The molecule has 0 saturated heterocycles. The van der Waals surface area contributed by atoms with Crippen LogP contribution in [0, 0.1) is 6.92 Å². The number of nitrogens with one attached hydrogen (secondary N) is 1. The largest absolute Gasteiger partial charge is 0.473 e. The highest BCUT2D eigenvalue weighted by atomic mass is 79.9. The van der Waals surface area contributed by atoms with Crippen molar-refractivity contribution in [3.05, 3.63) is 106 Å². The lowest BCUT2D eigenvalue weighted by Crippen LogP contribution is -2.16. The van der Waals surface area contributed by atoms with Gasteiger partial charge in [0.1, 0.15) is 13.2 Å². The van der Waals surface area contributed by atoms with Gasteiger partial charge in [0, 0.05) is 24.8 Å². The third-order valence-corrected chi connectivity index (χ3v) is 6.99. The molecule has 0 amide bonds. The van der Waals surface area contributed by atoms with Crippen molar-refractivity contribution in [2.75, 3.05) is 17.9 Å². The lowest BCUT2D eigenvalue weighted by molar-refractivity contribution is 0.202. The predicted molar refractivity (Wildman–Crippen MR) is 162 cm³/mol. The van der Waals surface area contributed by atoms with Crippen molar-refractivity contribution < 1.29 is 17.9 Å². The number of halogens is 1. The minimum Gasteiger partial charge on any atom is -0.473 e. The van der Waals surface area contributed by atoms with Crippen LogP contribution in [0.2, 0.25) is 0 Å². The number of hydrogen-bond acceptors (Lipinski definition) is 10. The second-order valence-corrected chi connectivity index (χ2v) is 11.2. The van der Waals surface area contributed by atoms with E-state index in [4.69, 9.17) is 9.47 Å². The van der Waals surface area contributed by atoms with Crippen molar-refractivity contribution >= 4 is 37.8 Å². The summed E-state index contributed by atoms with van der Waals surface area (Å²) >= 11 is 3.28. The van der Waals surface area contributed by atoms with E-state index in [0.29, 0.717) is 11.1 Å². The summed E-state index contributed by atoms with van der Waals surface area (Å²) < 4.78 is 41.4. The molecule has 1 N–H and O–H groups in total. The molecule has 13 heteroatoms. The first-order valence-corrected chi connectivity index (χ1v) is 15.0. The molecular weight excluding hydrogens is 622 g/mol. The molecule has 2 aromatic carbocycles. The van der Waals surface area contributed by atoms with Gasteiger partial charge in [-0.05, 0) is 46.1 Å². The van der Waals surface area contributed by atoms with E-state index in [-0.39, 0.29) is 42.6 Å². The van der Waals surface area contributed by atoms with Gasteiger partial charge in [-0.25, -0.2) is 33.3 Å². The van der Waals surface area contributed by atoms with Crippen molar-refractivity contribution in [3.63, 3.8) is 0 Å². The summed E-state index contributed by atoms with van der Waals surface area (Å²) in [7, 11) is -4.01. The molecule has 11 nitrogen and oxygen atoms in total. The number of rotatable bonds is 11. The van der Waals surface area contributed by atoms with E-state index in [1.807, 2.05) is 49.4 Å². The Balaban J connectivity index is 1.53. The van der Waals surface area contributed by atoms with Crippen LogP contribution in [-0.2, 0) is 10.0 Å². The molecule has 0 unspecified atom stereocenters. The highest BCUT2D eigenvalue weighted by Gasteiger charge is 2.22. The number of aryl methyl sites for hydroxylation is 1. The van der Waals surface area contributed by atoms with Crippen molar-refractivity contribution in [3.8, 4) is 34.7 Å². The van der Waals surface area contributed by atoms with E-state index in [1.54, 1.807) is 43.0 Å². The van der Waals surface area contributed by atoms with Gasteiger partial charge in [-0.1, -0.05) is 60.2 Å². The molecule has 0 saturated carbocycles. The number of sulfonamides is 1. The van der Waals surface area contributed by atoms with Crippen molar-refractivity contribution in [1.82, 2.24) is 29.9 Å². The summed E-state index contributed by atoms with van der Waals surface area (Å²) in [5.41, 5.74) is 2.72. The zero-order valence-corrected chi connectivity index (χ0v) is 24.7. The van der Waals surface area contributed by atoms with Crippen molar-refractivity contribution in [2.24, 2.45) is 0 Å². The normalized spacial score (nSPS) is 11.4. The van der Waals surface area contributed by atoms with Gasteiger partial charge in [0.25, 0.3) is 10.0 Å². The highest BCUT2D eigenvalue weighted by Crippen LogP contribution is 2.37. The third kappa shape index (κ3) is 7.71. The fraction of sp³-hybridized carbons (Fsp3) is 0.103. The van der Waals surface area contributed by atoms with E-state index in [2.05, 4.69) is 50.6 Å². The maximum Gasteiger partial charge on any atom is 0.316 e. The fourth-order valence-electron chi connectivity index (χ4n) is 3.66. The second kappa shape index (κ2) is 13.3. The maximum absolute atomic E-state index is 13.2. The van der Waals surface area contributed by atoms with Crippen LogP contribution in [0.15, 0.2) is 95.3 Å². The minimum atomic E-state index is -4.01. The number of hydrogen-bond donors (Lipinski definition) is 1. The molecule has 0 bridgehead atoms. The molecule has 5 aromatic rings. The molecule has 0 radical (unpaired) electrons. The summed E-state index contributed by atoms with van der Waals surface area (Å²) in [5.74, 6) is 0.378. The number of anilines is 1. The number of benzene rings is 2. The van der Waals surface area contributed by atoms with Crippen LogP contribution in [0.3, 0.4) is 0 Å². The third-order valence-electron chi connectivity index (χ3n) is 5.61.